The highest BCUT2D eigenvalue weighted by molar-refractivity contribution is 6.50. The van der Waals surface area contributed by atoms with Crippen molar-refractivity contribution in [1.82, 2.24) is 0 Å². The standard InChI is InChI=1S/C8H20N.BF4/c1-5-7-9(3,4)8-6-2;2-1(3,4)5/h5-8H2,1-4H3;/q+1;-1. The number of hydrogen-bond donors (Lipinski definition) is 0. The molecule has 0 fully saturated rings. The fourth-order valence-corrected chi connectivity index (χ4v) is 1.32. The zero-order chi connectivity index (χ0) is 11.8. The quantitative estimate of drug-likeness (QED) is 0.385. The van der Waals surface area contributed by atoms with Gasteiger partial charge in [-0.2, -0.15) is 0 Å². The van der Waals surface area contributed by atoms with E-state index in [9.17, 15) is 17.3 Å². The van der Waals surface area contributed by atoms with Crippen molar-refractivity contribution < 1.29 is 21.7 Å². The van der Waals surface area contributed by atoms with E-state index in [4.69, 9.17) is 0 Å². The van der Waals surface area contributed by atoms with Crippen LogP contribution in [0.15, 0.2) is 0 Å². The number of hydrogen-bond acceptors (Lipinski definition) is 0. The second-order valence-electron chi connectivity index (χ2n) is 3.88. The molecule has 0 unspecified atom stereocenters. The largest absolute Gasteiger partial charge is 0.673 e. The second kappa shape index (κ2) is 7.09. The number of nitrogens with zero attached hydrogens (tertiary/aromatic N) is 1. The highest BCUT2D eigenvalue weighted by Gasteiger charge is 2.20. The highest BCUT2D eigenvalue weighted by atomic mass is 19.5. The van der Waals surface area contributed by atoms with Crippen molar-refractivity contribution in [2.75, 3.05) is 27.2 Å². The Hall–Kier alpha value is -0.255. The minimum atomic E-state index is -6.00. The molecule has 0 aliphatic rings. The molecule has 0 atom stereocenters. The lowest BCUT2D eigenvalue weighted by Gasteiger charge is -2.28. The first kappa shape index (κ1) is 16.2. The molecule has 0 aromatic heterocycles. The summed E-state index contributed by atoms with van der Waals surface area (Å²) in [5.74, 6) is 0. The maximum absolute atomic E-state index is 9.75. The van der Waals surface area contributed by atoms with Gasteiger partial charge in [-0.15, -0.1) is 0 Å². The van der Waals surface area contributed by atoms with Gasteiger partial charge >= 0.3 is 7.25 Å². The van der Waals surface area contributed by atoms with Crippen molar-refractivity contribution in [3.63, 3.8) is 0 Å². The monoisotopic (exact) mass is 217 g/mol. The van der Waals surface area contributed by atoms with Crippen LogP contribution in [0.3, 0.4) is 0 Å². The molecule has 0 heterocycles. The zero-order valence-corrected chi connectivity index (χ0v) is 9.36. The van der Waals surface area contributed by atoms with E-state index in [0.717, 1.165) is 0 Å². The molecule has 0 radical (unpaired) electrons. The molecule has 0 saturated carbocycles. The average molecular weight is 217 g/mol. The molecule has 1 nitrogen and oxygen atoms in total. The van der Waals surface area contributed by atoms with Gasteiger partial charge in [-0.25, -0.2) is 0 Å². The first-order valence-corrected chi connectivity index (χ1v) is 4.81. The molecule has 6 heteroatoms. The lowest BCUT2D eigenvalue weighted by Crippen LogP contribution is -2.40. The van der Waals surface area contributed by atoms with Crippen molar-refractivity contribution in [1.29, 1.82) is 0 Å². The van der Waals surface area contributed by atoms with Crippen LogP contribution in [0.25, 0.3) is 0 Å². The first-order chi connectivity index (χ1) is 6.12. The van der Waals surface area contributed by atoms with Gasteiger partial charge in [-0.05, 0) is 12.8 Å². The van der Waals surface area contributed by atoms with Crippen molar-refractivity contribution >= 4 is 7.25 Å². The van der Waals surface area contributed by atoms with E-state index >= 15 is 0 Å². The summed E-state index contributed by atoms with van der Waals surface area (Å²) in [5, 5.41) is 0. The van der Waals surface area contributed by atoms with E-state index in [1.807, 2.05) is 0 Å². The third-order valence-corrected chi connectivity index (χ3v) is 1.66. The second-order valence-corrected chi connectivity index (χ2v) is 3.88. The summed E-state index contributed by atoms with van der Waals surface area (Å²) in [5.41, 5.74) is 0. The van der Waals surface area contributed by atoms with Crippen LogP contribution in [0, 0.1) is 0 Å². The molecular weight excluding hydrogens is 197 g/mol. The van der Waals surface area contributed by atoms with Crippen molar-refractivity contribution in [3.8, 4) is 0 Å². The van der Waals surface area contributed by atoms with Gasteiger partial charge in [-0.3, -0.25) is 0 Å². The molecule has 0 N–H and O–H groups in total. The van der Waals surface area contributed by atoms with Crippen LogP contribution in [0.4, 0.5) is 17.3 Å². The normalized spacial score (nSPS) is 12.0. The van der Waals surface area contributed by atoms with Gasteiger partial charge < -0.3 is 21.7 Å². The minimum absolute atomic E-state index is 1.19. The van der Waals surface area contributed by atoms with Crippen LogP contribution >= 0.6 is 0 Å². The topological polar surface area (TPSA) is 0 Å². The number of quaternary nitrogens is 1. The van der Waals surface area contributed by atoms with Crippen molar-refractivity contribution in [2.24, 2.45) is 0 Å². The Bertz CT molecular complexity index is 122. The van der Waals surface area contributed by atoms with Gasteiger partial charge in [0.05, 0.1) is 27.2 Å². The molecule has 0 saturated heterocycles. The highest BCUT2D eigenvalue weighted by Crippen LogP contribution is 2.06. The van der Waals surface area contributed by atoms with E-state index in [1.165, 1.54) is 30.4 Å². The van der Waals surface area contributed by atoms with Crippen LogP contribution < -0.4 is 0 Å². The van der Waals surface area contributed by atoms with E-state index in [0.29, 0.717) is 0 Å². The summed E-state index contributed by atoms with van der Waals surface area (Å²) in [7, 11) is -1.40. The molecule has 0 amide bonds. The fourth-order valence-electron chi connectivity index (χ4n) is 1.32. The van der Waals surface area contributed by atoms with E-state index < -0.39 is 7.25 Å². The van der Waals surface area contributed by atoms with Gasteiger partial charge in [0, 0.05) is 0 Å². The maximum atomic E-state index is 9.75. The minimum Gasteiger partial charge on any atom is -0.418 e. The van der Waals surface area contributed by atoms with Crippen LogP contribution in [-0.2, 0) is 0 Å². The summed E-state index contributed by atoms with van der Waals surface area (Å²) in [4.78, 5) is 0. The van der Waals surface area contributed by atoms with Crippen molar-refractivity contribution in [3.05, 3.63) is 0 Å². The lowest BCUT2D eigenvalue weighted by molar-refractivity contribution is -0.890. The smallest absolute Gasteiger partial charge is 0.418 e. The first-order valence-electron chi connectivity index (χ1n) is 4.81. The van der Waals surface area contributed by atoms with Crippen molar-refractivity contribution in [2.45, 2.75) is 26.7 Å². The maximum Gasteiger partial charge on any atom is 0.673 e. The summed E-state index contributed by atoms with van der Waals surface area (Å²) in [6.07, 6.45) is 2.60. The van der Waals surface area contributed by atoms with E-state index in [-0.39, 0.29) is 0 Å². The molecule has 0 aromatic carbocycles. The van der Waals surface area contributed by atoms with Gasteiger partial charge in [0.2, 0.25) is 0 Å². The fraction of sp³-hybridized carbons (Fsp3) is 1.00. The van der Waals surface area contributed by atoms with Crippen LogP contribution in [0.1, 0.15) is 26.7 Å². The number of halogens is 4. The Morgan fingerprint density at radius 2 is 1.07 bits per heavy atom. The lowest BCUT2D eigenvalue weighted by atomic mass is 10.3. The molecule has 88 valence electrons. The SMILES string of the molecule is CCC[N+](C)(C)CCC.F[B-](F)(F)F. The van der Waals surface area contributed by atoms with Crippen LogP contribution in [0.2, 0.25) is 0 Å². The van der Waals surface area contributed by atoms with E-state index in [2.05, 4.69) is 27.9 Å². The Morgan fingerprint density at radius 3 is 1.21 bits per heavy atom. The molecule has 0 bridgehead atoms. The van der Waals surface area contributed by atoms with Crippen LogP contribution in [0.5, 0.6) is 0 Å². The Labute approximate surface area is 83.8 Å². The molecule has 0 aromatic rings. The zero-order valence-electron chi connectivity index (χ0n) is 9.36. The molecular formula is C8H20BF4N. The van der Waals surface area contributed by atoms with Crippen LogP contribution in [-0.4, -0.2) is 38.9 Å². The Kier molecular flexibility index (Phi) is 8.20. The molecule has 0 aliphatic carbocycles. The van der Waals surface area contributed by atoms with Gasteiger partial charge in [0.1, 0.15) is 0 Å². The summed E-state index contributed by atoms with van der Waals surface area (Å²) < 4.78 is 40.2. The third-order valence-electron chi connectivity index (χ3n) is 1.66. The van der Waals surface area contributed by atoms with Gasteiger partial charge in [0.15, 0.2) is 0 Å². The molecule has 0 spiro atoms. The molecule has 0 aliphatic heterocycles. The van der Waals surface area contributed by atoms with Gasteiger partial charge in [0.25, 0.3) is 0 Å². The summed E-state index contributed by atoms with van der Waals surface area (Å²) in [6, 6.07) is 0. The Morgan fingerprint density at radius 1 is 0.857 bits per heavy atom. The Balaban J connectivity index is 0. The van der Waals surface area contributed by atoms with E-state index in [1.54, 1.807) is 0 Å². The molecule has 14 heavy (non-hydrogen) atoms. The van der Waals surface area contributed by atoms with Gasteiger partial charge in [-0.1, -0.05) is 13.8 Å². The average Bonchev–Trinajstić information content (AvgIpc) is 1.81. The number of rotatable bonds is 4. The molecule has 0 rings (SSSR count). The summed E-state index contributed by atoms with van der Waals surface area (Å²) >= 11 is 0. The third kappa shape index (κ3) is 22.6. The predicted molar refractivity (Wildman–Crippen MR) is 52.6 cm³/mol. The summed E-state index contributed by atoms with van der Waals surface area (Å²) in [6.45, 7) is 7.12. The predicted octanol–water partition coefficient (Wildman–Crippen LogP) is 3.18.